The summed E-state index contributed by atoms with van der Waals surface area (Å²) >= 11 is 0. The number of rotatable bonds is 3. The molecule has 0 aliphatic carbocycles. The summed E-state index contributed by atoms with van der Waals surface area (Å²) in [5.74, 6) is 0.0356. The number of aromatic nitrogens is 3. The first-order valence-corrected chi connectivity index (χ1v) is 11.0. The highest BCUT2D eigenvalue weighted by molar-refractivity contribution is 5.93. The number of pyridine rings is 2. The first-order chi connectivity index (χ1) is 15.5. The van der Waals surface area contributed by atoms with E-state index in [0.717, 1.165) is 46.6 Å². The van der Waals surface area contributed by atoms with Crippen LogP contribution in [0.1, 0.15) is 46.2 Å². The molecule has 5 rings (SSSR count). The molecule has 5 nitrogen and oxygen atoms in total. The molecule has 4 aromatic rings. The van der Waals surface area contributed by atoms with Crippen molar-refractivity contribution in [1.82, 2.24) is 19.3 Å². The third-order valence-corrected chi connectivity index (χ3v) is 6.19. The molecule has 0 atom stereocenters. The largest absolute Gasteiger partial charge is 0.337 e. The summed E-state index contributed by atoms with van der Waals surface area (Å²) < 4.78 is 15.2. The third-order valence-electron chi connectivity index (χ3n) is 6.19. The summed E-state index contributed by atoms with van der Waals surface area (Å²) in [5.41, 5.74) is 6.41. The number of hydrogen-bond acceptors (Lipinski definition) is 3. The first-order valence-electron chi connectivity index (χ1n) is 11.0. The number of amides is 1. The summed E-state index contributed by atoms with van der Waals surface area (Å²) in [4.78, 5) is 24.2. The van der Waals surface area contributed by atoms with Crippen LogP contribution in [-0.4, -0.2) is 38.3 Å². The van der Waals surface area contributed by atoms with Crippen LogP contribution < -0.4 is 0 Å². The van der Waals surface area contributed by atoms with E-state index in [0.29, 0.717) is 24.7 Å². The lowest BCUT2D eigenvalue weighted by Gasteiger charge is -2.31. The van der Waals surface area contributed by atoms with Crippen molar-refractivity contribution in [2.45, 2.75) is 32.6 Å². The predicted molar refractivity (Wildman–Crippen MR) is 122 cm³/mol. The molecule has 162 valence electrons. The van der Waals surface area contributed by atoms with Gasteiger partial charge in [0.05, 0.1) is 0 Å². The number of halogens is 1. The Kier molecular flexibility index (Phi) is 5.21. The van der Waals surface area contributed by atoms with Gasteiger partial charge in [-0.3, -0.25) is 9.78 Å². The predicted octanol–water partition coefficient (Wildman–Crippen LogP) is 5.17. The SMILES string of the molecule is Cc1ccn2cc(C(=O)N3CCC(c4cc(-c5ccc(F)cc5)cc(C)n4)CC3)nc2c1. The molecule has 1 aliphatic rings. The normalized spacial score (nSPS) is 14.8. The molecule has 6 heteroatoms. The van der Waals surface area contributed by atoms with Crippen LogP contribution in [0.2, 0.25) is 0 Å². The van der Waals surface area contributed by atoms with Gasteiger partial charge in [0.1, 0.15) is 17.2 Å². The van der Waals surface area contributed by atoms with Crippen LogP contribution in [-0.2, 0) is 0 Å². The minimum atomic E-state index is -0.238. The number of nitrogens with zero attached hydrogens (tertiary/aromatic N) is 4. The van der Waals surface area contributed by atoms with Crippen molar-refractivity contribution < 1.29 is 9.18 Å². The van der Waals surface area contributed by atoms with Gasteiger partial charge in [-0.2, -0.15) is 0 Å². The zero-order valence-electron chi connectivity index (χ0n) is 18.3. The van der Waals surface area contributed by atoms with E-state index in [4.69, 9.17) is 4.98 Å². The molecule has 32 heavy (non-hydrogen) atoms. The van der Waals surface area contributed by atoms with Crippen molar-refractivity contribution in [1.29, 1.82) is 0 Å². The number of fused-ring (bicyclic) bond motifs is 1. The maximum Gasteiger partial charge on any atom is 0.274 e. The summed E-state index contributed by atoms with van der Waals surface area (Å²) in [6.07, 6.45) is 5.46. The van der Waals surface area contributed by atoms with Gasteiger partial charge in [-0.15, -0.1) is 0 Å². The summed E-state index contributed by atoms with van der Waals surface area (Å²) in [6.45, 7) is 5.36. The molecule has 0 spiro atoms. The molecule has 0 bridgehead atoms. The maximum absolute atomic E-state index is 13.3. The highest BCUT2D eigenvalue weighted by Crippen LogP contribution is 2.31. The van der Waals surface area contributed by atoms with E-state index < -0.39 is 0 Å². The van der Waals surface area contributed by atoms with Crippen molar-refractivity contribution in [3.63, 3.8) is 0 Å². The van der Waals surface area contributed by atoms with Gasteiger partial charge >= 0.3 is 0 Å². The second-order valence-electron chi connectivity index (χ2n) is 8.59. The monoisotopic (exact) mass is 428 g/mol. The Morgan fingerprint density at radius 3 is 2.47 bits per heavy atom. The van der Waals surface area contributed by atoms with Crippen LogP contribution in [0.5, 0.6) is 0 Å². The number of carbonyl (C=O) groups is 1. The Hall–Kier alpha value is -3.54. The van der Waals surface area contributed by atoms with Gasteiger partial charge in [0.2, 0.25) is 0 Å². The molecule has 3 aromatic heterocycles. The molecule has 1 aromatic carbocycles. The van der Waals surface area contributed by atoms with Gasteiger partial charge in [0.15, 0.2) is 0 Å². The number of piperidine rings is 1. The zero-order chi connectivity index (χ0) is 22.2. The lowest BCUT2D eigenvalue weighted by Crippen LogP contribution is -2.38. The van der Waals surface area contributed by atoms with Crippen LogP contribution in [0.25, 0.3) is 16.8 Å². The van der Waals surface area contributed by atoms with E-state index in [1.54, 1.807) is 18.3 Å². The fraction of sp³-hybridized carbons (Fsp3) is 0.269. The Labute approximate surface area is 186 Å². The number of imidazole rings is 1. The Morgan fingerprint density at radius 2 is 1.72 bits per heavy atom. The number of hydrogen-bond donors (Lipinski definition) is 0. The lowest BCUT2D eigenvalue weighted by molar-refractivity contribution is 0.0707. The van der Waals surface area contributed by atoms with Gasteiger partial charge in [-0.1, -0.05) is 12.1 Å². The van der Waals surface area contributed by atoms with Crippen molar-refractivity contribution in [3.05, 3.63) is 89.4 Å². The molecule has 0 saturated carbocycles. The number of aryl methyl sites for hydroxylation is 2. The number of benzene rings is 1. The second kappa shape index (κ2) is 8.19. The molecule has 0 N–H and O–H groups in total. The Bertz CT molecular complexity index is 1290. The van der Waals surface area contributed by atoms with Crippen LogP contribution in [0, 0.1) is 19.7 Å². The average molecular weight is 429 g/mol. The van der Waals surface area contributed by atoms with E-state index in [1.165, 1.54) is 12.1 Å². The zero-order valence-corrected chi connectivity index (χ0v) is 18.3. The topological polar surface area (TPSA) is 50.5 Å². The molecule has 4 heterocycles. The maximum atomic E-state index is 13.3. The van der Waals surface area contributed by atoms with Crippen molar-refractivity contribution in [2.75, 3.05) is 13.1 Å². The van der Waals surface area contributed by atoms with Gasteiger partial charge in [-0.05, 0) is 79.8 Å². The molecule has 1 aliphatic heterocycles. The van der Waals surface area contributed by atoms with E-state index in [-0.39, 0.29) is 11.7 Å². The van der Waals surface area contributed by atoms with E-state index in [9.17, 15) is 9.18 Å². The van der Waals surface area contributed by atoms with Crippen LogP contribution >= 0.6 is 0 Å². The molecule has 1 fully saturated rings. The van der Waals surface area contributed by atoms with Crippen LogP contribution in [0.4, 0.5) is 4.39 Å². The van der Waals surface area contributed by atoms with Gasteiger partial charge in [0, 0.05) is 42.8 Å². The van der Waals surface area contributed by atoms with Gasteiger partial charge < -0.3 is 9.30 Å². The smallest absolute Gasteiger partial charge is 0.274 e. The molecule has 0 radical (unpaired) electrons. The quantitative estimate of drug-likeness (QED) is 0.452. The first kappa shape index (κ1) is 20.4. The standard InChI is InChI=1S/C26H25FN4O/c1-17-7-10-31-16-24(29-25(31)13-17)26(32)30-11-8-20(9-12-30)23-15-21(14-18(2)28-23)19-3-5-22(27)6-4-19/h3-7,10,13-16,20H,8-9,11-12H2,1-2H3. The lowest BCUT2D eigenvalue weighted by atomic mass is 9.91. The minimum absolute atomic E-state index is 0.0194. The Morgan fingerprint density at radius 1 is 0.969 bits per heavy atom. The fourth-order valence-corrected chi connectivity index (χ4v) is 4.44. The van der Waals surface area contributed by atoms with Crippen molar-refractivity contribution >= 4 is 11.6 Å². The Balaban J connectivity index is 1.31. The summed E-state index contributed by atoms with van der Waals surface area (Å²) in [7, 11) is 0. The highest BCUT2D eigenvalue weighted by Gasteiger charge is 2.27. The average Bonchev–Trinajstić information content (AvgIpc) is 3.22. The second-order valence-corrected chi connectivity index (χ2v) is 8.59. The van der Waals surface area contributed by atoms with Crippen molar-refractivity contribution in [3.8, 4) is 11.1 Å². The molecule has 1 amide bonds. The molecule has 1 saturated heterocycles. The van der Waals surface area contributed by atoms with E-state index in [1.807, 2.05) is 47.5 Å². The van der Waals surface area contributed by atoms with Gasteiger partial charge in [0.25, 0.3) is 5.91 Å². The molecular formula is C26H25FN4O. The fourth-order valence-electron chi connectivity index (χ4n) is 4.44. The number of carbonyl (C=O) groups excluding carboxylic acids is 1. The third kappa shape index (κ3) is 4.00. The summed E-state index contributed by atoms with van der Waals surface area (Å²) in [5, 5.41) is 0. The molecule has 0 unspecified atom stereocenters. The minimum Gasteiger partial charge on any atom is -0.337 e. The van der Waals surface area contributed by atoms with Crippen LogP contribution in [0.15, 0.2) is 60.9 Å². The van der Waals surface area contributed by atoms with E-state index in [2.05, 4.69) is 11.1 Å². The van der Waals surface area contributed by atoms with Crippen molar-refractivity contribution in [2.24, 2.45) is 0 Å². The number of likely N-dealkylation sites (tertiary alicyclic amines) is 1. The molecular weight excluding hydrogens is 403 g/mol. The van der Waals surface area contributed by atoms with Gasteiger partial charge in [-0.25, -0.2) is 9.37 Å². The highest BCUT2D eigenvalue weighted by atomic mass is 19.1. The van der Waals surface area contributed by atoms with E-state index >= 15 is 0 Å². The summed E-state index contributed by atoms with van der Waals surface area (Å²) in [6, 6.07) is 14.7. The van der Waals surface area contributed by atoms with Crippen LogP contribution in [0.3, 0.4) is 0 Å².